The summed E-state index contributed by atoms with van der Waals surface area (Å²) in [6.07, 6.45) is 3.27. The molecule has 3 aromatic rings. The lowest BCUT2D eigenvalue weighted by atomic mass is 10.1. The van der Waals surface area contributed by atoms with Crippen LogP contribution in [0.4, 0.5) is 11.5 Å². The van der Waals surface area contributed by atoms with Gasteiger partial charge in [-0.05, 0) is 24.6 Å². The number of aromatic nitrogens is 2. The number of hydrogen-bond acceptors (Lipinski definition) is 4. The molecule has 3 heterocycles. The first-order valence-electron chi connectivity index (χ1n) is 9.45. The Morgan fingerprint density at radius 2 is 2.11 bits per heavy atom. The minimum absolute atomic E-state index is 0.0300. The van der Waals surface area contributed by atoms with Crippen molar-refractivity contribution in [2.45, 2.75) is 19.8 Å². The van der Waals surface area contributed by atoms with Gasteiger partial charge < -0.3 is 19.9 Å². The fourth-order valence-electron chi connectivity index (χ4n) is 3.44. The first kappa shape index (κ1) is 17.5. The maximum absolute atomic E-state index is 12.1. The van der Waals surface area contributed by atoms with Gasteiger partial charge in [0.2, 0.25) is 5.91 Å². The molecular weight excluding hydrogens is 340 g/mol. The van der Waals surface area contributed by atoms with Gasteiger partial charge in [0.1, 0.15) is 5.82 Å². The number of nitrogens with one attached hydrogen (secondary N) is 2. The fourth-order valence-corrected chi connectivity index (χ4v) is 3.44. The van der Waals surface area contributed by atoms with Gasteiger partial charge in [-0.2, -0.15) is 0 Å². The standard InChI is InChI=1S/C21H24N4O2/c1-2-4-21(26)23-15-13-19(16-5-3-6-18-17(16)7-8-22-18)24-20(14-15)25-9-11-27-12-10-25/h3,5-8,13-14,22H,2,4,9-12H2,1H3,(H,23,24,26). The Hall–Kier alpha value is -2.86. The number of morpholine rings is 1. The summed E-state index contributed by atoms with van der Waals surface area (Å²) in [5.74, 6) is 0.901. The number of rotatable bonds is 5. The number of anilines is 2. The third-order valence-electron chi connectivity index (χ3n) is 4.78. The molecule has 0 unspecified atom stereocenters. The third kappa shape index (κ3) is 3.80. The van der Waals surface area contributed by atoms with E-state index >= 15 is 0 Å². The molecule has 0 saturated carbocycles. The summed E-state index contributed by atoms with van der Waals surface area (Å²) in [7, 11) is 0. The Labute approximate surface area is 158 Å². The molecule has 1 amide bonds. The minimum Gasteiger partial charge on any atom is -0.378 e. The van der Waals surface area contributed by atoms with Gasteiger partial charge in [0.15, 0.2) is 0 Å². The van der Waals surface area contributed by atoms with Crippen LogP contribution in [0.5, 0.6) is 0 Å². The van der Waals surface area contributed by atoms with Crippen LogP contribution in [0.25, 0.3) is 22.2 Å². The maximum atomic E-state index is 12.1. The van der Waals surface area contributed by atoms with Crippen LogP contribution in [0.2, 0.25) is 0 Å². The number of nitrogens with zero attached hydrogens (tertiary/aromatic N) is 2. The maximum Gasteiger partial charge on any atom is 0.224 e. The van der Waals surface area contributed by atoms with E-state index < -0.39 is 0 Å². The highest BCUT2D eigenvalue weighted by atomic mass is 16.5. The third-order valence-corrected chi connectivity index (χ3v) is 4.78. The molecule has 6 heteroatoms. The monoisotopic (exact) mass is 364 g/mol. The molecule has 0 bridgehead atoms. The lowest BCUT2D eigenvalue weighted by Crippen LogP contribution is -2.36. The van der Waals surface area contributed by atoms with Crippen LogP contribution in [0.1, 0.15) is 19.8 Å². The van der Waals surface area contributed by atoms with Crippen LogP contribution in [-0.2, 0) is 9.53 Å². The average molecular weight is 364 g/mol. The van der Waals surface area contributed by atoms with Crippen LogP contribution in [0.15, 0.2) is 42.6 Å². The van der Waals surface area contributed by atoms with E-state index in [9.17, 15) is 4.79 Å². The van der Waals surface area contributed by atoms with Crippen LogP contribution < -0.4 is 10.2 Å². The molecule has 2 N–H and O–H groups in total. The highest BCUT2D eigenvalue weighted by Crippen LogP contribution is 2.31. The van der Waals surface area contributed by atoms with Crippen molar-refractivity contribution >= 4 is 28.3 Å². The van der Waals surface area contributed by atoms with Gasteiger partial charge in [-0.15, -0.1) is 0 Å². The smallest absolute Gasteiger partial charge is 0.224 e. The molecule has 1 fully saturated rings. The van der Waals surface area contributed by atoms with Crippen molar-refractivity contribution in [2.24, 2.45) is 0 Å². The zero-order valence-corrected chi connectivity index (χ0v) is 15.5. The predicted octanol–water partition coefficient (Wildman–Crippen LogP) is 3.81. The van der Waals surface area contributed by atoms with Crippen molar-refractivity contribution < 1.29 is 9.53 Å². The van der Waals surface area contributed by atoms with E-state index in [0.29, 0.717) is 19.6 Å². The molecule has 4 rings (SSSR count). The van der Waals surface area contributed by atoms with Crippen LogP contribution in [-0.4, -0.2) is 42.2 Å². The summed E-state index contributed by atoms with van der Waals surface area (Å²) < 4.78 is 5.47. The van der Waals surface area contributed by atoms with Crippen molar-refractivity contribution in [1.82, 2.24) is 9.97 Å². The number of carbonyl (C=O) groups excluding carboxylic acids is 1. The molecule has 1 saturated heterocycles. The van der Waals surface area contributed by atoms with E-state index in [1.54, 1.807) is 0 Å². The van der Waals surface area contributed by atoms with E-state index in [-0.39, 0.29) is 5.91 Å². The molecule has 140 valence electrons. The Kier molecular flexibility index (Phi) is 5.07. The van der Waals surface area contributed by atoms with E-state index in [1.165, 1.54) is 0 Å². The van der Waals surface area contributed by atoms with E-state index in [0.717, 1.165) is 53.2 Å². The van der Waals surface area contributed by atoms with E-state index in [2.05, 4.69) is 33.4 Å². The average Bonchev–Trinajstić information content (AvgIpc) is 3.17. The number of amides is 1. The topological polar surface area (TPSA) is 70.2 Å². The largest absolute Gasteiger partial charge is 0.378 e. The normalized spacial score (nSPS) is 14.5. The number of hydrogen-bond donors (Lipinski definition) is 2. The number of pyridine rings is 1. The van der Waals surface area contributed by atoms with Crippen molar-refractivity contribution in [1.29, 1.82) is 0 Å². The summed E-state index contributed by atoms with van der Waals surface area (Å²) >= 11 is 0. The Morgan fingerprint density at radius 1 is 1.26 bits per heavy atom. The molecule has 0 atom stereocenters. The van der Waals surface area contributed by atoms with Crippen LogP contribution >= 0.6 is 0 Å². The lowest BCUT2D eigenvalue weighted by Gasteiger charge is -2.28. The van der Waals surface area contributed by atoms with Crippen molar-refractivity contribution in [3.8, 4) is 11.3 Å². The molecular formula is C21H24N4O2. The lowest BCUT2D eigenvalue weighted by molar-refractivity contribution is -0.116. The van der Waals surface area contributed by atoms with Crippen LogP contribution in [0, 0.1) is 0 Å². The summed E-state index contributed by atoms with van der Waals surface area (Å²) in [5.41, 5.74) is 3.76. The second-order valence-corrected chi connectivity index (χ2v) is 6.74. The molecule has 0 radical (unpaired) electrons. The summed E-state index contributed by atoms with van der Waals surface area (Å²) in [4.78, 5) is 22.5. The number of aromatic amines is 1. The number of H-pyrrole nitrogens is 1. The van der Waals surface area contributed by atoms with Gasteiger partial charge in [0.05, 0.1) is 18.9 Å². The predicted molar refractivity (Wildman–Crippen MR) is 108 cm³/mol. The van der Waals surface area contributed by atoms with Crippen molar-refractivity contribution in [2.75, 3.05) is 36.5 Å². The quantitative estimate of drug-likeness (QED) is 0.722. The van der Waals surface area contributed by atoms with Gasteiger partial charge in [-0.3, -0.25) is 4.79 Å². The second-order valence-electron chi connectivity index (χ2n) is 6.74. The highest BCUT2D eigenvalue weighted by molar-refractivity contribution is 5.96. The Balaban J connectivity index is 1.77. The van der Waals surface area contributed by atoms with E-state index in [4.69, 9.17) is 9.72 Å². The Morgan fingerprint density at radius 3 is 2.93 bits per heavy atom. The number of ether oxygens (including phenoxy) is 1. The van der Waals surface area contributed by atoms with Gasteiger partial charge in [0, 0.05) is 53.9 Å². The molecule has 2 aromatic heterocycles. The van der Waals surface area contributed by atoms with E-state index in [1.807, 2.05) is 31.3 Å². The van der Waals surface area contributed by atoms with Crippen molar-refractivity contribution in [3.05, 3.63) is 42.6 Å². The first-order valence-corrected chi connectivity index (χ1v) is 9.45. The summed E-state index contributed by atoms with van der Waals surface area (Å²) in [6.45, 7) is 4.98. The molecule has 1 aromatic carbocycles. The first-order chi connectivity index (χ1) is 13.2. The number of benzene rings is 1. The summed E-state index contributed by atoms with van der Waals surface area (Å²) in [5, 5.41) is 4.15. The summed E-state index contributed by atoms with van der Waals surface area (Å²) in [6, 6.07) is 12.1. The Bertz CT molecular complexity index is 944. The highest BCUT2D eigenvalue weighted by Gasteiger charge is 2.16. The zero-order chi connectivity index (χ0) is 18.6. The molecule has 0 spiro atoms. The zero-order valence-electron chi connectivity index (χ0n) is 15.5. The number of carbonyl (C=O) groups is 1. The second kappa shape index (κ2) is 7.80. The molecule has 1 aliphatic heterocycles. The molecule has 0 aliphatic carbocycles. The minimum atomic E-state index is 0.0300. The SMILES string of the molecule is CCCC(=O)Nc1cc(-c2cccc3[nH]ccc23)nc(N2CCOCC2)c1. The van der Waals surface area contributed by atoms with Gasteiger partial charge >= 0.3 is 0 Å². The molecule has 27 heavy (non-hydrogen) atoms. The number of fused-ring (bicyclic) bond motifs is 1. The van der Waals surface area contributed by atoms with Gasteiger partial charge in [-0.25, -0.2) is 4.98 Å². The van der Waals surface area contributed by atoms with Crippen LogP contribution in [0.3, 0.4) is 0 Å². The van der Waals surface area contributed by atoms with Gasteiger partial charge in [-0.1, -0.05) is 19.1 Å². The molecule has 6 nitrogen and oxygen atoms in total. The fraction of sp³-hybridized carbons (Fsp3) is 0.333. The van der Waals surface area contributed by atoms with Crippen molar-refractivity contribution in [3.63, 3.8) is 0 Å². The molecule has 1 aliphatic rings. The van der Waals surface area contributed by atoms with Gasteiger partial charge in [0.25, 0.3) is 0 Å².